The molecule has 258 valence electrons. The highest BCUT2D eigenvalue weighted by atomic mass is 28.3. The topological polar surface area (TPSA) is 13.0 Å². The van der Waals surface area contributed by atoms with Crippen LogP contribution < -0.4 is 30.0 Å². The Hall–Kier alpha value is -5.31. The Morgan fingerprint density at radius 3 is 0.865 bits per heavy atom. The zero-order chi connectivity index (χ0) is 36.1. The van der Waals surface area contributed by atoms with Crippen molar-refractivity contribution in [2.45, 2.75) is 39.3 Å². The minimum atomic E-state index is -1.88. The van der Waals surface area contributed by atoms with E-state index in [1.165, 1.54) is 78.4 Å². The maximum absolute atomic E-state index is 2.52. The molecule has 0 aliphatic carbocycles. The van der Waals surface area contributed by atoms with E-state index < -0.39 is 16.1 Å². The van der Waals surface area contributed by atoms with Gasteiger partial charge in [-0.25, -0.2) is 0 Å². The molecule has 9 rings (SSSR count). The highest BCUT2D eigenvalue weighted by Crippen LogP contribution is 2.52. The Bertz CT molecular complexity index is 2290. The second-order valence-electron chi connectivity index (χ2n) is 16.5. The molecule has 0 saturated carbocycles. The molecule has 0 N–H and O–H groups in total. The molecule has 0 spiro atoms. The predicted octanol–water partition coefficient (Wildman–Crippen LogP) is 12.2. The van der Waals surface area contributed by atoms with Crippen LogP contribution in [0, 0.1) is 0 Å². The van der Waals surface area contributed by atoms with Crippen LogP contribution in [0.2, 0.25) is 39.3 Å². The highest BCUT2D eigenvalue weighted by molar-refractivity contribution is 6.95. The lowest BCUT2D eigenvalue weighted by molar-refractivity contribution is 1.13. The maximum Gasteiger partial charge on any atom is 0.0792 e. The summed E-state index contributed by atoms with van der Waals surface area (Å²) in [6.07, 6.45) is 0. The van der Waals surface area contributed by atoms with Crippen molar-refractivity contribution in [1.29, 1.82) is 0 Å². The second kappa shape index (κ2) is 11.6. The van der Waals surface area contributed by atoms with Gasteiger partial charge in [0, 0.05) is 25.5 Å². The van der Waals surface area contributed by atoms with Gasteiger partial charge in [0.05, 0.1) is 61.6 Å². The number of nitrogens with zero attached hydrogens (tertiary/aromatic N) is 4. The summed E-state index contributed by atoms with van der Waals surface area (Å²) in [4.78, 5) is 9.59. The average molecular weight is 711 g/mol. The summed E-state index contributed by atoms with van der Waals surface area (Å²) in [7, 11) is 0.590. The van der Waals surface area contributed by atoms with Crippen molar-refractivity contribution in [3.8, 4) is 0 Å². The summed E-state index contributed by atoms with van der Waals surface area (Å²) < 4.78 is 0. The van der Waals surface area contributed by atoms with Gasteiger partial charge in [-0.05, 0) is 105 Å². The van der Waals surface area contributed by atoms with Crippen LogP contribution in [0.15, 0.2) is 133 Å². The van der Waals surface area contributed by atoms with Crippen LogP contribution in [0.5, 0.6) is 0 Å². The molecule has 2 aliphatic rings. The Morgan fingerprint density at radius 2 is 0.596 bits per heavy atom. The van der Waals surface area contributed by atoms with E-state index in [1.54, 1.807) is 10.4 Å². The molecule has 52 heavy (non-hydrogen) atoms. The van der Waals surface area contributed by atoms with Gasteiger partial charge in [-0.1, -0.05) is 99.9 Å². The predicted molar refractivity (Wildman–Crippen MR) is 233 cm³/mol. The molecule has 0 amide bonds. The molecule has 0 fully saturated rings. The van der Waals surface area contributed by atoms with Crippen LogP contribution >= 0.6 is 0 Å². The molecule has 7 aromatic rings. The van der Waals surface area contributed by atoms with Crippen molar-refractivity contribution in [3.05, 3.63) is 133 Å². The minimum Gasteiger partial charge on any atom is -0.341 e. The van der Waals surface area contributed by atoms with Gasteiger partial charge in [0.25, 0.3) is 0 Å². The number of hydrogen-bond donors (Lipinski definition) is 0. The van der Waals surface area contributed by atoms with Crippen LogP contribution in [-0.2, 0) is 0 Å². The number of anilines is 10. The first-order chi connectivity index (χ1) is 24.9. The second-order valence-corrected chi connectivity index (χ2v) is 26.5. The maximum atomic E-state index is 2.52. The molecule has 2 aliphatic heterocycles. The lowest BCUT2D eigenvalue weighted by Gasteiger charge is -2.39. The van der Waals surface area contributed by atoms with Gasteiger partial charge in [0.15, 0.2) is 0 Å². The van der Waals surface area contributed by atoms with Gasteiger partial charge in [-0.15, -0.1) is 0 Å². The molecule has 6 heteroatoms. The van der Waals surface area contributed by atoms with Gasteiger partial charge >= 0.3 is 0 Å². The first kappa shape index (κ1) is 32.6. The first-order valence-corrected chi connectivity index (χ1v) is 25.4. The Kier molecular flexibility index (Phi) is 7.27. The zero-order valence-corrected chi connectivity index (χ0v) is 33.5. The van der Waals surface area contributed by atoms with Crippen LogP contribution in [0.1, 0.15) is 0 Å². The minimum absolute atomic E-state index is 1.21. The van der Waals surface area contributed by atoms with Gasteiger partial charge in [-0.2, -0.15) is 0 Å². The van der Waals surface area contributed by atoms with Crippen molar-refractivity contribution >= 4 is 105 Å². The van der Waals surface area contributed by atoms with Gasteiger partial charge in [-0.3, -0.25) is 0 Å². The van der Waals surface area contributed by atoms with Crippen LogP contribution in [0.4, 0.5) is 56.9 Å². The molecule has 0 radical (unpaired) electrons. The molecule has 4 nitrogen and oxygen atoms in total. The van der Waals surface area contributed by atoms with E-state index in [0.29, 0.717) is 0 Å². The Balaban J connectivity index is 1.33. The smallest absolute Gasteiger partial charge is 0.0792 e. The quantitative estimate of drug-likeness (QED) is 0.133. The SMILES string of the molecule is CN1c2ccccc2N(c2ccc3c([Si](C)(C)C)c4cc(N5c6ccccc6N(C)c6ccccc65)ccc4c([Si](C)(C)C)c3c2)c2ccccc21. The van der Waals surface area contributed by atoms with Crippen LogP contribution in [-0.4, -0.2) is 30.2 Å². The van der Waals surface area contributed by atoms with Crippen LogP contribution in [0.25, 0.3) is 21.5 Å². The fourth-order valence-electron chi connectivity index (χ4n) is 8.92. The molecular weight excluding hydrogens is 665 g/mol. The molecule has 0 aromatic heterocycles. The number of fused-ring (bicyclic) bond motifs is 6. The summed E-state index contributed by atoms with van der Waals surface area (Å²) in [5, 5.41) is 8.75. The lowest BCUT2D eigenvalue weighted by Crippen LogP contribution is -2.44. The molecule has 0 atom stereocenters. The Morgan fingerprint density at radius 1 is 0.327 bits per heavy atom. The van der Waals surface area contributed by atoms with E-state index in [1.807, 2.05) is 0 Å². The van der Waals surface area contributed by atoms with Gasteiger partial charge in [0.1, 0.15) is 0 Å². The normalized spacial score (nSPS) is 14.0. The summed E-state index contributed by atoms with van der Waals surface area (Å²) in [5.74, 6) is 0. The van der Waals surface area contributed by atoms with Crippen LogP contribution in [0.3, 0.4) is 0 Å². The van der Waals surface area contributed by atoms with Crippen molar-refractivity contribution in [2.24, 2.45) is 0 Å². The zero-order valence-electron chi connectivity index (χ0n) is 31.5. The first-order valence-electron chi connectivity index (χ1n) is 18.4. The number of para-hydroxylation sites is 8. The number of hydrogen-bond acceptors (Lipinski definition) is 4. The fraction of sp³-hybridized carbons (Fsp3) is 0.174. The molecule has 0 bridgehead atoms. The van der Waals surface area contributed by atoms with Crippen molar-refractivity contribution < 1.29 is 0 Å². The molecule has 2 heterocycles. The third-order valence-corrected chi connectivity index (χ3v) is 15.1. The summed E-state index contributed by atoms with van der Waals surface area (Å²) >= 11 is 0. The third-order valence-electron chi connectivity index (χ3n) is 11.0. The van der Waals surface area contributed by atoms with Crippen molar-refractivity contribution in [1.82, 2.24) is 0 Å². The van der Waals surface area contributed by atoms with E-state index in [-0.39, 0.29) is 0 Å². The van der Waals surface area contributed by atoms with E-state index >= 15 is 0 Å². The number of benzene rings is 7. The molecule has 0 saturated heterocycles. The standard InChI is InChI=1S/C46H46N4Si2/c1-47-37-17-9-13-21-41(37)49(42-22-14-10-18-38(42)47)31-25-27-33-35(29-31)45(51(3,4)5)34-28-26-32(30-36(34)46(33)52(6,7)8)50-43-23-15-11-19-39(43)48(2)40-20-12-16-24-44(40)50/h9-30H,1-8H3. The average Bonchev–Trinajstić information content (AvgIpc) is 3.13. The summed E-state index contributed by atoms with van der Waals surface area (Å²) in [6.45, 7) is 15.1. The molecule has 7 aromatic carbocycles. The number of rotatable bonds is 4. The largest absolute Gasteiger partial charge is 0.341 e. The molecule has 0 unspecified atom stereocenters. The molecular formula is C46H46N4Si2. The Labute approximate surface area is 310 Å². The van der Waals surface area contributed by atoms with E-state index in [0.717, 1.165) is 0 Å². The van der Waals surface area contributed by atoms with Crippen molar-refractivity contribution in [3.63, 3.8) is 0 Å². The van der Waals surface area contributed by atoms with Gasteiger partial charge < -0.3 is 19.6 Å². The monoisotopic (exact) mass is 710 g/mol. The fourth-order valence-corrected chi connectivity index (χ4v) is 13.0. The van der Waals surface area contributed by atoms with E-state index in [4.69, 9.17) is 0 Å². The van der Waals surface area contributed by atoms with E-state index in [9.17, 15) is 0 Å². The highest BCUT2D eigenvalue weighted by Gasteiger charge is 2.33. The summed E-state index contributed by atoms with van der Waals surface area (Å²) in [6, 6.07) is 49.9. The van der Waals surface area contributed by atoms with Crippen molar-refractivity contribution in [2.75, 3.05) is 33.7 Å². The lowest BCUT2D eigenvalue weighted by atomic mass is 9.99. The van der Waals surface area contributed by atoms with Gasteiger partial charge in [0.2, 0.25) is 0 Å². The third kappa shape index (κ3) is 4.85. The summed E-state index contributed by atoms with van der Waals surface area (Å²) in [5.41, 5.74) is 12.1. The van der Waals surface area contributed by atoms with E-state index in [2.05, 4.69) is 206 Å².